The van der Waals surface area contributed by atoms with Crippen LogP contribution in [0.25, 0.3) is 0 Å². The quantitative estimate of drug-likeness (QED) is 0.783. The Morgan fingerprint density at radius 1 is 1.39 bits per heavy atom. The number of amides is 1. The van der Waals surface area contributed by atoms with Gasteiger partial charge in [-0.05, 0) is 31.6 Å². The molecule has 3 atom stereocenters. The smallest absolute Gasteiger partial charge is 0.230 e. The minimum absolute atomic E-state index is 0.0650. The minimum atomic E-state index is -0.554. The van der Waals surface area contributed by atoms with Gasteiger partial charge < -0.3 is 15.8 Å². The Bertz CT molecular complexity index is 330. The summed E-state index contributed by atoms with van der Waals surface area (Å²) >= 11 is 0. The van der Waals surface area contributed by atoms with Crippen LogP contribution < -0.4 is 11.1 Å². The molecule has 1 saturated carbocycles. The topological polar surface area (TPSA) is 64.3 Å². The molecule has 3 unspecified atom stereocenters. The normalized spacial score (nSPS) is 39.6. The molecule has 104 valence electrons. The molecule has 0 spiro atoms. The molecule has 0 aromatic rings. The van der Waals surface area contributed by atoms with Crippen LogP contribution in [0.5, 0.6) is 0 Å². The number of hydrogen-bond donors (Lipinski definition) is 2. The van der Waals surface area contributed by atoms with Crippen LogP contribution in [0.3, 0.4) is 0 Å². The van der Waals surface area contributed by atoms with E-state index < -0.39 is 5.41 Å². The van der Waals surface area contributed by atoms with Gasteiger partial charge in [0.2, 0.25) is 5.91 Å². The number of nitrogens with one attached hydrogen (secondary N) is 1. The molecule has 1 saturated heterocycles. The Balaban J connectivity index is 1.95. The summed E-state index contributed by atoms with van der Waals surface area (Å²) in [6.07, 6.45) is 4.59. The van der Waals surface area contributed by atoms with E-state index in [0.717, 1.165) is 12.8 Å². The molecule has 4 nitrogen and oxygen atoms in total. The molecular formula is C14H26N2O2. The van der Waals surface area contributed by atoms with Crippen molar-refractivity contribution in [3.8, 4) is 0 Å². The first-order valence-electron chi connectivity index (χ1n) is 6.98. The third kappa shape index (κ3) is 2.69. The van der Waals surface area contributed by atoms with Gasteiger partial charge in [-0.25, -0.2) is 0 Å². The van der Waals surface area contributed by atoms with Gasteiger partial charge in [0.1, 0.15) is 0 Å². The Morgan fingerprint density at radius 2 is 2.11 bits per heavy atom. The Kier molecular flexibility index (Phi) is 3.70. The Labute approximate surface area is 110 Å². The molecule has 0 bridgehead atoms. The van der Waals surface area contributed by atoms with E-state index in [1.807, 2.05) is 6.92 Å². The predicted octanol–water partition coefficient (Wildman–Crippen LogP) is 1.44. The maximum Gasteiger partial charge on any atom is 0.230 e. The van der Waals surface area contributed by atoms with Gasteiger partial charge in [0.25, 0.3) is 0 Å². The van der Waals surface area contributed by atoms with Gasteiger partial charge in [-0.3, -0.25) is 4.79 Å². The first-order valence-corrected chi connectivity index (χ1v) is 6.98. The first-order chi connectivity index (χ1) is 8.33. The lowest BCUT2D eigenvalue weighted by Crippen LogP contribution is -2.53. The summed E-state index contributed by atoms with van der Waals surface area (Å²) in [6.45, 7) is 7.39. The van der Waals surface area contributed by atoms with E-state index in [9.17, 15) is 4.79 Å². The molecule has 2 aliphatic rings. The van der Waals surface area contributed by atoms with Gasteiger partial charge in [-0.15, -0.1) is 0 Å². The van der Waals surface area contributed by atoms with E-state index >= 15 is 0 Å². The molecule has 1 heterocycles. The van der Waals surface area contributed by atoms with Crippen molar-refractivity contribution in [2.24, 2.45) is 16.6 Å². The Hall–Kier alpha value is -0.610. The van der Waals surface area contributed by atoms with Crippen LogP contribution in [0, 0.1) is 10.8 Å². The molecule has 0 aromatic heterocycles. The lowest BCUT2D eigenvalue weighted by molar-refractivity contribution is -0.131. The highest BCUT2D eigenvalue weighted by molar-refractivity contribution is 5.83. The second-order valence-electron chi connectivity index (χ2n) is 6.97. The summed E-state index contributed by atoms with van der Waals surface area (Å²) in [7, 11) is 0. The Morgan fingerprint density at radius 3 is 2.67 bits per heavy atom. The molecule has 1 aliphatic heterocycles. The van der Waals surface area contributed by atoms with Crippen molar-refractivity contribution in [1.82, 2.24) is 5.32 Å². The zero-order valence-electron chi connectivity index (χ0n) is 11.8. The van der Waals surface area contributed by atoms with Gasteiger partial charge in [0.15, 0.2) is 0 Å². The van der Waals surface area contributed by atoms with Crippen LogP contribution in [0.15, 0.2) is 0 Å². The summed E-state index contributed by atoms with van der Waals surface area (Å²) in [4.78, 5) is 12.4. The third-order valence-electron chi connectivity index (χ3n) is 4.58. The van der Waals surface area contributed by atoms with Crippen LogP contribution in [0.1, 0.15) is 46.5 Å². The van der Waals surface area contributed by atoms with E-state index in [1.165, 1.54) is 12.8 Å². The van der Waals surface area contributed by atoms with Crippen LogP contribution >= 0.6 is 0 Å². The number of carbonyl (C=O) groups is 1. The van der Waals surface area contributed by atoms with Gasteiger partial charge in [0.05, 0.1) is 18.6 Å². The van der Waals surface area contributed by atoms with Gasteiger partial charge in [-0.1, -0.05) is 20.3 Å². The SMILES string of the molecule is CC1(C)CCCC(NC(=O)C2(C)COCC2N)C1. The van der Waals surface area contributed by atoms with E-state index in [-0.39, 0.29) is 11.9 Å². The number of ether oxygens (including phenoxy) is 1. The predicted molar refractivity (Wildman–Crippen MR) is 71.1 cm³/mol. The lowest BCUT2D eigenvalue weighted by Gasteiger charge is -2.37. The van der Waals surface area contributed by atoms with Crippen LogP contribution in [0.4, 0.5) is 0 Å². The van der Waals surface area contributed by atoms with Crippen molar-refractivity contribution in [3.63, 3.8) is 0 Å². The fourth-order valence-corrected chi connectivity index (χ4v) is 3.09. The standard InChI is InChI=1S/C14H26N2O2/c1-13(2)6-4-5-10(7-13)16-12(17)14(3)9-18-8-11(14)15/h10-11H,4-9,15H2,1-3H3,(H,16,17). The summed E-state index contributed by atoms with van der Waals surface area (Å²) in [5, 5.41) is 3.19. The van der Waals surface area contributed by atoms with Crippen molar-refractivity contribution >= 4 is 5.91 Å². The average Bonchev–Trinajstić information content (AvgIpc) is 2.59. The number of rotatable bonds is 2. The molecule has 3 N–H and O–H groups in total. The van der Waals surface area contributed by atoms with Crippen molar-refractivity contribution in [1.29, 1.82) is 0 Å². The van der Waals surface area contributed by atoms with Crippen molar-refractivity contribution in [2.75, 3.05) is 13.2 Å². The highest BCUT2D eigenvalue weighted by atomic mass is 16.5. The van der Waals surface area contributed by atoms with Crippen molar-refractivity contribution < 1.29 is 9.53 Å². The monoisotopic (exact) mass is 254 g/mol. The molecule has 1 amide bonds. The van der Waals surface area contributed by atoms with Gasteiger partial charge >= 0.3 is 0 Å². The number of hydrogen-bond acceptors (Lipinski definition) is 3. The second-order valence-corrected chi connectivity index (χ2v) is 6.97. The summed E-state index contributed by atoms with van der Waals surface area (Å²) in [5.41, 5.74) is 5.77. The zero-order chi connectivity index (χ0) is 13.4. The molecule has 0 radical (unpaired) electrons. The first kappa shape index (κ1) is 13.8. The highest BCUT2D eigenvalue weighted by Crippen LogP contribution is 2.36. The molecule has 18 heavy (non-hydrogen) atoms. The molecule has 4 heteroatoms. The summed E-state index contributed by atoms with van der Waals surface area (Å²) in [5.74, 6) is 0.0650. The van der Waals surface area contributed by atoms with E-state index in [0.29, 0.717) is 24.7 Å². The third-order valence-corrected chi connectivity index (χ3v) is 4.58. The lowest BCUT2D eigenvalue weighted by atomic mass is 9.74. The second kappa shape index (κ2) is 4.82. The maximum absolute atomic E-state index is 12.4. The van der Waals surface area contributed by atoms with Crippen LogP contribution in [-0.2, 0) is 9.53 Å². The van der Waals surface area contributed by atoms with Gasteiger partial charge in [-0.2, -0.15) is 0 Å². The summed E-state index contributed by atoms with van der Waals surface area (Å²) in [6, 6.07) is 0.111. The highest BCUT2D eigenvalue weighted by Gasteiger charge is 2.45. The molecule has 2 fully saturated rings. The fourth-order valence-electron chi connectivity index (χ4n) is 3.09. The van der Waals surface area contributed by atoms with Crippen LogP contribution in [0.2, 0.25) is 0 Å². The molecule has 1 aliphatic carbocycles. The average molecular weight is 254 g/mol. The maximum atomic E-state index is 12.4. The number of nitrogens with two attached hydrogens (primary N) is 1. The fraction of sp³-hybridized carbons (Fsp3) is 0.929. The minimum Gasteiger partial charge on any atom is -0.379 e. The molecule has 2 rings (SSSR count). The zero-order valence-corrected chi connectivity index (χ0v) is 11.8. The van der Waals surface area contributed by atoms with Crippen molar-refractivity contribution in [2.45, 2.75) is 58.5 Å². The van der Waals surface area contributed by atoms with E-state index in [1.54, 1.807) is 0 Å². The molecular weight excluding hydrogens is 228 g/mol. The van der Waals surface area contributed by atoms with Crippen molar-refractivity contribution in [3.05, 3.63) is 0 Å². The summed E-state index contributed by atoms with van der Waals surface area (Å²) < 4.78 is 5.34. The van der Waals surface area contributed by atoms with Crippen LogP contribution in [-0.4, -0.2) is 31.2 Å². The van der Waals surface area contributed by atoms with E-state index in [2.05, 4.69) is 19.2 Å². The number of carbonyl (C=O) groups excluding carboxylic acids is 1. The van der Waals surface area contributed by atoms with E-state index in [4.69, 9.17) is 10.5 Å². The molecule has 0 aromatic carbocycles. The largest absolute Gasteiger partial charge is 0.379 e. The van der Waals surface area contributed by atoms with Gasteiger partial charge in [0, 0.05) is 12.1 Å².